The fourth-order valence-corrected chi connectivity index (χ4v) is 1.50. The third-order valence-corrected chi connectivity index (χ3v) is 2.39. The Kier molecular flexibility index (Phi) is 5.42. The van der Waals surface area contributed by atoms with Crippen LogP contribution in [-0.2, 0) is 4.74 Å². The second-order valence-corrected chi connectivity index (χ2v) is 3.80. The van der Waals surface area contributed by atoms with E-state index in [1.165, 1.54) is 7.11 Å². The largest absolute Gasteiger partial charge is 0.465 e. The molecule has 0 aliphatic heterocycles. The van der Waals surface area contributed by atoms with Crippen molar-refractivity contribution in [3.8, 4) is 0 Å². The molecule has 0 fully saturated rings. The molecule has 0 saturated carbocycles. The molecular formula is C12H18N2O3. The van der Waals surface area contributed by atoms with Crippen molar-refractivity contribution < 1.29 is 14.6 Å². The van der Waals surface area contributed by atoms with Crippen molar-refractivity contribution in [2.24, 2.45) is 0 Å². The summed E-state index contributed by atoms with van der Waals surface area (Å²) in [6.45, 7) is 2.14. The highest BCUT2D eigenvalue weighted by molar-refractivity contribution is 5.94. The number of pyridine rings is 1. The summed E-state index contributed by atoms with van der Waals surface area (Å²) < 4.78 is 4.68. The van der Waals surface area contributed by atoms with Crippen LogP contribution in [0.1, 0.15) is 30.1 Å². The molecule has 1 heterocycles. The molecule has 0 spiro atoms. The first-order valence-electron chi connectivity index (χ1n) is 5.59. The van der Waals surface area contributed by atoms with Gasteiger partial charge < -0.3 is 15.2 Å². The normalized spacial score (nSPS) is 11.9. The zero-order chi connectivity index (χ0) is 12.7. The van der Waals surface area contributed by atoms with Crippen molar-refractivity contribution in [1.29, 1.82) is 0 Å². The van der Waals surface area contributed by atoms with E-state index in [-0.39, 0.29) is 12.6 Å². The Hall–Kier alpha value is -1.62. The quantitative estimate of drug-likeness (QED) is 0.734. The lowest BCUT2D eigenvalue weighted by atomic mass is 10.1. The Balaban J connectivity index is 2.73. The van der Waals surface area contributed by atoms with Crippen LogP contribution in [0.15, 0.2) is 18.3 Å². The number of hydrogen-bond donors (Lipinski definition) is 2. The molecule has 5 nitrogen and oxygen atoms in total. The van der Waals surface area contributed by atoms with Crippen molar-refractivity contribution in [2.45, 2.75) is 25.8 Å². The van der Waals surface area contributed by atoms with Crippen LogP contribution in [0.5, 0.6) is 0 Å². The molecule has 1 unspecified atom stereocenters. The molecule has 0 saturated heterocycles. The highest BCUT2D eigenvalue weighted by Crippen LogP contribution is 2.14. The van der Waals surface area contributed by atoms with Crippen LogP contribution in [0.25, 0.3) is 0 Å². The molecule has 0 aliphatic carbocycles. The Morgan fingerprint density at radius 3 is 3.06 bits per heavy atom. The van der Waals surface area contributed by atoms with Gasteiger partial charge in [0.25, 0.3) is 0 Å². The van der Waals surface area contributed by atoms with Crippen LogP contribution in [0.3, 0.4) is 0 Å². The molecule has 94 valence electrons. The summed E-state index contributed by atoms with van der Waals surface area (Å²) >= 11 is 0. The molecule has 0 aromatic carbocycles. The number of esters is 1. The van der Waals surface area contributed by atoms with Crippen LogP contribution in [0.2, 0.25) is 0 Å². The van der Waals surface area contributed by atoms with E-state index >= 15 is 0 Å². The van der Waals surface area contributed by atoms with Crippen LogP contribution >= 0.6 is 0 Å². The van der Waals surface area contributed by atoms with Crippen molar-refractivity contribution in [2.75, 3.05) is 19.0 Å². The molecular weight excluding hydrogens is 220 g/mol. The monoisotopic (exact) mass is 238 g/mol. The number of hydrogen-bond acceptors (Lipinski definition) is 5. The van der Waals surface area contributed by atoms with Gasteiger partial charge in [0.15, 0.2) is 0 Å². The number of aromatic nitrogens is 1. The lowest BCUT2D eigenvalue weighted by molar-refractivity contribution is 0.0601. The molecule has 5 heteroatoms. The van der Waals surface area contributed by atoms with E-state index in [2.05, 4.69) is 15.0 Å². The Bertz CT molecular complexity index is 369. The number of nitrogens with zero attached hydrogens (tertiary/aromatic N) is 1. The van der Waals surface area contributed by atoms with Gasteiger partial charge in [-0.3, -0.25) is 0 Å². The number of methoxy groups -OCH3 is 1. The van der Waals surface area contributed by atoms with Gasteiger partial charge in [-0.25, -0.2) is 9.78 Å². The Morgan fingerprint density at radius 2 is 2.41 bits per heavy atom. The van der Waals surface area contributed by atoms with Gasteiger partial charge >= 0.3 is 5.97 Å². The van der Waals surface area contributed by atoms with Crippen molar-refractivity contribution in [1.82, 2.24) is 4.98 Å². The Morgan fingerprint density at radius 1 is 1.65 bits per heavy atom. The van der Waals surface area contributed by atoms with E-state index in [4.69, 9.17) is 5.11 Å². The van der Waals surface area contributed by atoms with Gasteiger partial charge in [-0.2, -0.15) is 0 Å². The van der Waals surface area contributed by atoms with Crippen LogP contribution in [0.4, 0.5) is 5.82 Å². The lowest BCUT2D eigenvalue weighted by Crippen LogP contribution is -2.19. The van der Waals surface area contributed by atoms with E-state index < -0.39 is 5.97 Å². The third-order valence-electron chi connectivity index (χ3n) is 2.39. The van der Waals surface area contributed by atoms with E-state index in [0.29, 0.717) is 17.8 Å². The first-order chi connectivity index (χ1) is 8.19. The number of aliphatic hydroxyl groups excluding tert-OH is 1. The van der Waals surface area contributed by atoms with E-state index in [0.717, 1.165) is 6.42 Å². The van der Waals surface area contributed by atoms with E-state index in [1.807, 2.05) is 6.92 Å². The molecule has 0 bridgehead atoms. The molecule has 1 atom stereocenters. The standard InChI is InChI=1S/C12H18N2O3/c1-9(5-4-8-15)14-11-10(12(16)17-2)6-3-7-13-11/h3,6-7,9,15H,4-5,8H2,1-2H3,(H,13,14). The summed E-state index contributed by atoms with van der Waals surface area (Å²) in [5, 5.41) is 11.9. The minimum Gasteiger partial charge on any atom is -0.465 e. The van der Waals surface area contributed by atoms with Crippen molar-refractivity contribution in [3.05, 3.63) is 23.9 Å². The van der Waals surface area contributed by atoms with Gasteiger partial charge in [-0.1, -0.05) is 0 Å². The number of ether oxygens (including phenoxy) is 1. The number of carbonyl (C=O) groups excluding carboxylic acids is 1. The predicted molar refractivity (Wildman–Crippen MR) is 65.0 cm³/mol. The number of rotatable bonds is 6. The first-order valence-corrected chi connectivity index (χ1v) is 5.59. The zero-order valence-electron chi connectivity index (χ0n) is 10.1. The summed E-state index contributed by atoms with van der Waals surface area (Å²) in [6.07, 6.45) is 3.15. The SMILES string of the molecule is COC(=O)c1cccnc1NC(C)CCCO. The van der Waals surface area contributed by atoms with Gasteiger partial charge in [0.2, 0.25) is 0 Å². The van der Waals surface area contributed by atoms with Crippen molar-refractivity contribution >= 4 is 11.8 Å². The number of anilines is 1. The van der Waals surface area contributed by atoms with E-state index in [9.17, 15) is 4.79 Å². The van der Waals surface area contributed by atoms with E-state index in [1.54, 1.807) is 18.3 Å². The molecule has 17 heavy (non-hydrogen) atoms. The van der Waals surface area contributed by atoms with Gasteiger partial charge in [-0.05, 0) is 31.9 Å². The third kappa shape index (κ3) is 4.03. The second-order valence-electron chi connectivity index (χ2n) is 3.80. The smallest absolute Gasteiger partial charge is 0.341 e. The molecule has 0 radical (unpaired) electrons. The van der Waals surface area contributed by atoms with Crippen LogP contribution < -0.4 is 5.32 Å². The Labute approximate surface area is 101 Å². The van der Waals surface area contributed by atoms with Crippen LogP contribution in [-0.4, -0.2) is 35.8 Å². The summed E-state index contributed by atoms with van der Waals surface area (Å²) in [6, 6.07) is 3.50. The number of carbonyl (C=O) groups is 1. The highest BCUT2D eigenvalue weighted by atomic mass is 16.5. The van der Waals surface area contributed by atoms with Gasteiger partial charge in [0.05, 0.1) is 7.11 Å². The fraction of sp³-hybridized carbons (Fsp3) is 0.500. The summed E-state index contributed by atoms with van der Waals surface area (Å²) in [4.78, 5) is 15.6. The van der Waals surface area contributed by atoms with Gasteiger partial charge in [0, 0.05) is 18.8 Å². The molecule has 1 aromatic heterocycles. The zero-order valence-corrected chi connectivity index (χ0v) is 10.1. The summed E-state index contributed by atoms with van der Waals surface area (Å²) in [5.74, 6) is 0.111. The van der Waals surface area contributed by atoms with Crippen molar-refractivity contribution in [3.63, 3.8) is 0 Å². The maximum atomic E-state index is 11.5. The highest BCUT2D eigenvalue weighted by Gasteiger charge is 2.13. The van der Waals surface area contributed by atoms with Gasteiger partial charge in [0.1, 0.15) is 11.4 Å². The molecule has 1 rings (SSSR count). The minimum atomic E-state index is -0.407. The summed E-state index contributed by atoms with van der Waals surface area (Å²) in [7, 11) is 1.34. The minimum absolute atomic E-state index is 0.139. The first kappa shape index (κ1) is 13.4. The maximum Gasteiger partial charge on any atom is 0.341 e. The average molecular weight is 238 g/mol. The lowest BCUT2D eigenvalue weighted by Gasteiger charge is -2.15. The molecule has 0 aliphatic rings. The number of nitrogens with one attached hydrogen (secondary N) is 1. The molecule has 2 N–H and O–H groups in total. The fourth-order valence-electron chi connectivity index (χ4n) is 1.50. The average Bonchev–Trinajstić information content (AvgIpc) is 2.36. The van der Waals surface area contributed by atoms with Gasteiger partial charge in [-0.15, -0.1) is 0 Å². The second kappa shape index (κ2) is 6.85. The maximum absolute atomic E-state index is 11.5. The molecule has 0 amide bonds. The number of aliphatic hydroxyl groups is 1. The summed E-state index contributed by atoms with van der Waals surface area (Å²) in [5.41, 5.74) is 0.422. The topological polar surface area (TPSA) is 71.5 Å². The molecule has 1 aromatic rings. The predicted octanol–water partition coefficient (Wildman–Crippen LogP) is 1.44. The van der Waals surface area contributed by atoms with Crippen LogP contribution in [0, 0.1) is 0 Å².